The molecule has 1 atom stereocenters. The molecule has 8 heteroatoms. The number of amides is 3. The maximum atomic E-state index is 12.5. The van der Waals surface area contributed by atoms with Gasteiger partial charge in [0.15, 0.2) is 0 Å². The van der Waals surface area contributed by atoms with Crippen molar-refractivity contribution >= 4 is 17.7 Å². The van der Waals surface area contributed by atoms with Crippen molar-refractivity contribution < 1.29 is 19.1 Å². The molecule has 2 saturated heterocycles. The van der Waals surface area contributed by atoms with Gasteiger partial charge in [-0.2, -0.15) is 0 Å². The van der Waals surface area contributed by atoms with Crippen LogP contribution in [0.5, 0.6) is 5.75 Å². The average molecular weight is 417 g/mol. The lowest BCUT2D eigenvalue weighted by Gasteiger charge is -2.35. The summed E-state index contributed by atoms with van der Waals surface area (Å²) in [5, 5.41) is 5.73. The minimum absolute atomic E-state index is 0.106. The largest absolute Gasteiger partial charge is 0.496 e. The van der Waals surface area contributed by atoms with Gasteiger partial charge in [-0.15, -0.1) is 0 Å². The number of nitrogens with one attached hydrogen (secondary N) is 2. The van der Waals surface area contributed by atoms with Gasteiger partial charge < -0.3 is 20.3 Å². The van der Waals surface area contributed by atoms with E-state index in [1.54, 1.807) is 12.0 Å². The fourth-order valence-electron chi connectivity index (χ4n) is 4.12. The highest BCUT2D eigenvalue weighted by Crippen LogP contribution is 2.21. The minimum atomic E-state index is -0.502. The monoisotopic (exact) mass is 416 g/mol. The van der Waals surface area contributed by atoms with Gasteiger partial charge >= 0.3 is 0 Å². The topological polar surface area (TPSA) is 91.0 Å². The second kappa shape index (κ2) is 10.4. The van der Waals surface area contributed by atoms with Crippen LogP contribution in [0.25, 0.3) is 0 Å². The Bertz CT molecular complexity index is 782. The van der Waals surface area contributed by atoms with E-state index in [1.165, 1.54) is 0 Å². The summed E-state index contributed by atoms with van der Waals surface area (Å²) in [4.78, 5) is 40.6. The van der Waals surface area contributed by atoms with Crippen LogP contribution in [-0.4, -0.2) is 73.4 Å². The highest BCUT2D eigenvalue weighted by molar-refractivity contribution is 5.88. The number of carbonyl (C=O) groups excluding carboxylic acids is 3. The summed E-state index contributed by atoms with van der Waals surface area (Å²) in [5.41, 5.74) is 2.12. The third-order valence-corrected chi connectivity index (χ3v) is 5.79. The van der Waals surface area contributed by atoms with Crippen LogP contribution in [0, 0.1) is 6.92 Å². The molecule has 0 spiro atoms. The van der Waals surface area contributed by atoms with E-state index in [-0.39, 0.29) is 24.1 Å². The smallest absolute Gasteiger partial charge is 0.237 e. The Morgan fingerprint density at radius 1 is 1.27 bits per heavy atom. The van der Waals surface area contributed by atoms with Gasteiger partial charge in [0.25, 0.3) is 0 Å². The number of hydrogen-bond acceptors (Lipinski definition) is 5. The SMILES string of the molecule is COc1ccc(CN2CCNC(=O)C2CC(=O)NCCN2CCCCC2=O)cc1C. The van der Waals surface area contributed by atoms with Crippen molar-refractivity contribution in [3.63, 3.8) is 0 Å². The van der Waals surface area contributed by atoms with Gasteiger partial charge in [0, 0.05) is 45.7 Å². The first-order valence-electron chi connectivity index (χ1n) is 10.7. The predicted molar refractivity (Wildman–Crippen MR) is 113 cm³/mol. The molecule has 8 nitrogen and oxygen atoms in total. The number of nitrogens with zero attached hydrogens (tertiary/aromatic N) is 2. The molecule has 2 heterocycles. The molecule has 2 fully saturated rings. The number of piperidine rings is 1. The molecule has 0 aliphatic carbocycles. The van der Waals surface area contributed by atoms with E-state index in [4.69, 9.17) is 4.74 Å². The van der Waals surface area contributed by atoms with E-state index in [0.717, 1.165) is 36.3 Å². The van der Waals surface area contributed by atoms with Crippen LogP contribution in [0.15, 0.2) is 18.2 Å². The van der Waals surface area contributed by atoms with Gasteiger partial charge in [-0.3, -0.25) is 19.3 Å². The summed E-state index contributed by atoms with van der Waals surface area (Å²) in [6.45, 7) is 5.55. The summed E-state index contributed by atoms with van der Waals surface area (Å²) in [6.07, 6.45) is 2.66. The average Bonchev–Trinajstić information content (AvgIpc) is 2.72. The van der Waals surface area contributed by atoms with Crippen molar-refractivity contribution in [1.82, 2.24) is 20.4 Å². The van der Waals surface area contributed by atoms with E-state index in [9.17, 15) is 14.4 Å². The standard InChI is InChI=1S/C22H32N4O4/c1-16-13-17(6-7-19(16)30-2)15-26-12-9-24-22(29)18(26)14-20(27)23-8-11-25-10-4-3-5-21(25)28/h6-7,13,18H,3-5,8-12,14-15H2,1-2H3,(H,23,27)(H,24,29). The second-order valence-corrected chi connectivity index (χ2v) is 7.97. The first-order valence-corrected chi connectivity index (χ1v) is 10.7. The van der Waals surface area contributed by atoms with Crippen LogP contribution in [0.4, 0.5) is 0 Å². The van der Waals surface area contributed by atoms with Crippen molar-refractivity contribution in [1.29, 1.82) is 0 Å². The first kappa shape index (κ1) is 22.1. The van der Waals surface area contributed by atoms with E-state index < -0.39 is 6.04 Å². The number of piperazine rings is 1. The van der Waals surface area contributed by atoms with Gasteiger partial charge in [0.1, 0.15) is 5.75 Å². The molecule has 2 aliphatic rings. The maximum absolute atomic E-state index is 12.5. The molecular weight excluding hydrogens is 384 g/mol. The van der Waals surface area contributed by atoms with Crippen LogP contribution in [0.3, 0.4) is 0 Å². The highest BCUT2D eigenvalue weighted by Gasteiger charge is 2.31. The molecule has 0 bridgehead atoms. The number of benzene rings is 1. The van der Waals surface area contributed by atoms with E-state index >= 15 is 0 Å². The fourth-order valence-corrected chi connectivity index (χ4v) is 4.12. The van der Waals surface area contributed by atoms with Crippen LogP contribution >= 0.6 is 0 Å². The Labute approximate surface area is 177 Å². The van der Waals surface area contributed by atoms with Gasteiger partial charge in [-0.1, -0.05) is 12.1 Å². The van der Waals surface area contributed by atoms with E-state index in [0.29, 0.717) is 39.1 Å². The molecule has 1 aromatic rings. The third kappa shape index (κ3) is 5.72. The number of carbonyl (C=O) groups is 3. The number of likely N-dealkylation sites (tertiary alicyclic amines) is 1. The molecule has 0 saturated carbocycles. The van der Waals surface area contributed by atoms with Crippen molar-refractivity contribution in [2.24, 2.45) is 0 Å². The van der Waals surface area contributed by atoms with Crippen LogP contribution in [0.2, 0.25) is 0 Å². The van der Waals surface area contributed by atoms with Crippen molar-refractivity contribution in [2.45, 2.75) is 45.2 Å². The van der Waals surface area contributed by atoms with Crippen LogP contribution in [-0.2, 0) is 20.9 Å². The summed E-state index contributed by atoms with van der Waals surface area (Å²) >= 11 is 0. The number of hydrogen-bond donors (Lipinski definition) is 2. The predicted octanol–water partition coefficient (Wildman–Crippen LogP) is 0.823. The van der Waals surface area contributed by atoms with E-state index in [1.807, 2.05) is 24.0 Å². The molecule has 0 radical (unpaired) electrons. The van der Waals surface area contributed by atoms with Crippen molar-refractivity contribution in [3.8, 4) is 5.75 Å². The quantitative estimate of drug-likeness (QED) is 0.655. The van der Waals surface area contributed by atoms with Gasteiger partial charge in [-0.05, 0) is 37.0 Å². The summed E-state index contributed by atoms with van der Waals surface area (Å²) in [7, 11) is 1.65. The zero-order valence-electron chi connectivity index (χ0n) is 17.9. The van der Waals surface area contributed by atoms with Crippen LogP contribution < -0.4 is 15.4 Å². The number of rotatable bonds is 8. The van der Waals surface area contributed by atoms with Gasteiger partial charge in [0.2, 0.25) is 17.7 Å². The Balaban J connectivity index is 1.53. The summed E-state index contributed by atoms with van der Waals surface area (Å²) < 4.78 is 5.31. The molecular formula is C22H32N4O4. The molecule has 3 amide bonds. The Morgan fingerprint density at radius 3 is 2.83 bits per heavy atom. The zero-order chi connectivity index (χ0) is 21.5. The van der Waals surface area contributed by atoms with Crippen molar-refractivity contribution in [2.75, 3.05) is 39.8 Å². The number of methoxy groups -OCH3 is 1. The van der Waals surface area contributed by atoms with E-state index in [2.05, 4.69) is 16.7 Å². The second-order valence-electron chi connectivity index (χ2n) is 7.97. The lowest BCUT2D eigenvalue weighted by Crippen LogP contribution is -2.56. The first-order chi connectivity index (χ1) is 14.5. The lowest BCUT2D eigenvalue weighted by molar-refractivity contribution is -0.134. The number of ether oxygens (including phenoxy) is 1. The zero-order valence-corrected chi connectivity index (χ0v) is 17.9. The normalized spacial score (nSPS) is 20.1. The number of aryl methyl sites for hydroxylation is 1. The van der Waals surface area contributed by atoms with Gasteiger partial charge in [0.05, 0.1) is 19.6 Å². The lowest BCUT2D eigenvalue weighted by atomic mass is 10.1. The Hall–Kier alpha value is -2.61. The molecule has 30 heavy (non-hydrogen) atoms. The van der Waals surface area contributed by atoms with Gasteiger partial charge in [-0.25, -0.2) is 0 Å². The summed E-state index contributed by atoms with van der Waals surface area (Å²) in [5.74, 6) is 0.701. The molecule has 3 rings (SSSR count). The fraction of sp³-hybridized carbons (Fsp3) is 0.591. The molecule has 2 aliphatic heterocycles. The molecule has 164 valence electrons. The Morgan fingerprint density at radius 2 is 2.10 bits per heavy atom. The Kier molecular flexibility index (Phi) is 7.68. The van der Waals surface area contributed by atoms with Crippen molar-refractivity contribution in [3.05, 3.63) is 29.3 Å². The minimum Gasteiger partial charge on any atom is -0.496 e. The maximum Gasteiger partial charge on any atom is 0.237 e. The molecule has 1 unspecified atom stereocenters. The highest BCUT2D eigenvalue weighted by atomic mass is 16.5. The molecule has 0 aromatic heterocycles. The molecule has 2 N–H and O–H groups in total. The molecule has 1 aromatic carbocycles. The third-order valence-electron chi connectivity index (χ3n) is 5.79. The van der Waals surface area contributed by atoms with Crippen LogP contribution in [0.1, 0.15) is 36.8 Å². The summed E-state index contributed by atoms with van der Waals surface area (Å²) in [6, 6.07) is 5.47.